The molecule has 0 aromatic heterocycles. The van der Waals surface area contributed by atoms with Crippen LogP contribution in [0.25, 0.3) is 0 Å². The van der Waals surface area contributed by atoms with E-state index in [1.807, 2.05) is 6.07 Å². The van der Waals surface area contributed by atoms with Gasteiger partial charge in [0.2, 0.25) is 0 Å². The number of carbonyl (C=O) groups excluding carboxylic acids is 1. The van der Waals surface area contributed by atoms with Crippen LogP contribution in [-0.2, 0) is 11.3 Å². The second-order valence-corrected chi connectivity index (χ2v) is 8.81. The fraction of sp³-hybridized carbons (Fsp3) is 0.650. The highest BCUT2D eigenvalue weighted by Crippen LogP contribution is 2.55. The van der Waals surface area contributed by atoms with E-state index >= 15 is 0 Å². The zero-order valence-electron chi connectivity index (χ0n) is 15.2. The molecule has 142 valence electrons. The molecule has 0 radical (unpaired) electrons. The van der Waals surface area contributed by atoms with E-state index < -0.39 is 5.91 Å². The van der Waals surface area contributed by atoms with Crippen LogP contribution in [0, 0.1) is 17.8 Å². The van der Waals surface area contributed by atoms with E-state index in [1.54, 1.807) is 13.2 Å². The van der Waals surface area contributed by atoms with Crippen LogP contribution in [0.3, 0.4) is 0 Å². The summed E-state index contributed by atoms with van der Waals surface area (Å²) in [6.07, 6.45) is 8.19. The van der Waals surface area contributed by atoms with Gasteiger partial charge in [-0.1, -0.05) is 11.6 Å². The second kappa shape index (κ2) is 6.93. The third kappa shape index (κ3) is 3.52. The monoisotopic (exact) mass is 378 g/mol. The summed E-state index contributed by atoms with van der Waals surface area (Å²) in [6, 6.07) is 3.60. The minimum Gasteiger partial charge on any atom is -0.493 e. The molecule has 4 bridgehead atoms. The maximum absolute atomic E-state index is 10.9. The Kier molecular flexibility index (Phi) is 4.78. The van der Waals surface area contributed by atoms with Gasteiger partial charge in [0.1, 0.15) is 0 Å². The maximum Gasteiger partial charge on any atom is 0.255 e. The summed E-state index contributed by atoms with van der Waals surface area (Å²) >= 11 is 6.47. The number of carbonyl (C=O) groups is 1. The average Bonchev–Trinajstić information content (AvgIpc) is 2.57. The van der Waals surface area contributed by atoms with E-state index in [-0.39, 0.29) is 12.1 Å². The topological polar surface area (TPSA) is 73.6 Å². The van der Waals surface area contributed by atoms with E-state index in [2.05, 4.69) is 5.32 Å². The van der Waals surface area contributed by atoms with Crippen molar-refractivity contribution in [2.24, 2.45) is 23.5 Å². The Morgan fingerprint density at radius 2 is 1.81 bits per heavy atom. The van der Waals surface area contributed by atoms with Gasteiger partial charge in [-0.3, -0.25) is 4.79 Å². The lowest BCUT2D eigenvalue weighted by Gasteiger charge is -2.57. The van der Waals surface area contributed by atoms with Crippen LogP contribution in [0.5, 0.6) is 11.5 Å². The number of hydrogen-bond donors (Lipinski definition) is 2. The SMILES string of the molecule is COc1cc(CNC23CC4CC(CC(C4)C2)C3)c(Cl)cc1OCC(N)=O. The number of hydrogen-bond acceptors (Lipinski definition) is 4. The molecule has 0 unspecified atom stereocenters. The lowest BCUT2D eigenvalue weighted by molar-refractivity contribution is -0.119. The summed E-state index contributed by atoms with van der Waals surface area (Å²) in [5.74, 6) is 3.19. The van der Waals surface area contributed by atoms with Gasteiger partial charge in [0.05, 0.1) is 7.11 Å². The van der Waals surface area contributed by atoms with Gasteiger partial charge in [0.15, 0.2) is 18.1 Å². The first-order valence-electron chi connectivity index (χ1n) is 9.49. The minimum atomic E-state index is -0.532. The normalized spacial score (nSPS) is 31.8. The van der Waals surface area contributed by atoms with E-state index in [0.29, 0.717) is 16.5 Å². The number of rotatable bonds is 7. The predicted octanol–water partition coefficient (Wildman–Crippen LogP) is 3.27. The van der Waals surface area contributed by atoms with Gasteiger partial charge >= 0.3 is 0 Å². The van der Waals surface area contributed by atoms with Crippen LogP contribution in [0.4, 0.5) is 0 Å². The fourth-order valence-electron chi connectivity index (χ4n) is 5.74. The van der Waals surface area contributed by atoms with E-state index in [9.17, 15) is 4.79 Å². The summed E-state index contributed by atoms with van der Waals surface area (Å²) in [5, 5.41) is 4.46. The molecular weight excluding hydrogens is 352 g/mol. The molecule has 4 fully saturated rings. The van der Waals surface area contributed by atoms with Crippen molar-refractivity contribution >= 4 is 17.5 Å². The van der Waals surface area contributed by atoms with Crippen LogP contribution in [-0.4, -0.2) is 25.2 Å². The number of amides is 1. The summed E-state index contributed by atoms with van der Waals surface area (Å²) in [6.45, 7) is 0.523. The number of primary amides is 1. The number of benzene rings is 1. The van der Waals surface area contributed by atoms with Gasteiger partial charge in [0, 0.05) is 23.2 Å². The summed E-state index contributed by atoms with van der Waals surface area (Å²) < 4.78 is 10.8. The molecule has 1 aromatic carbocycles. The van der Waals surface area contributed by atoms with Crippen LogP contribution in [0.1, 0.15) is 44.1 Å². The van der Waals surface area contributed by atoms with Crippen LogP contribution < -0.4 is 20.5 Å². The van der Waals surface area contributed by atoms with Crippen molar-refractivity contribution in [2.45, 2.75) is 50.6 Å². The van der Waals surface area contributed by atoms with Crippen molar-refractivity contribution in [3.05, 3.63) is 22.7 Å². The number of nitrogens with one attached hydrogen (secondary N) is 1. The Morgan fingerprint density at radius 3 is 2.35 bits per heavy atom. The molecule has 6 heteroatoms. The molecule has 4 aliphatic rings. The Hall–Kier alpha value is -1.46. The summed E-state index contributed by atoms with van der Waals surface area (Å²) in [5.41, 5.74) is 6.42. The van der Waals surface area contributed by atoms with Gasteiger partial charge < -0.3 is 20.5 Å². The number of nitrogens with two attached hydrogens (primary N) is 1. The fourth-order valence-corrected chi connectivity index (χ4v) is 5.96. The predicted molar refractivity (Wildman–Crippen MR) is 100 cm³/mol. The number of methoxy groups -OCH3 is 1. The lowest BCUT2D eigenvalue weighted by atomic mass is 9.53. The Labute approximate surface area is 159 Å². The maximum atomic E-state index is 10.9. The van der Waals surface area contributed by atoms with Crippen molar-refractivity contribution in [3.8, 4) is 11.5 Å². The third-order valence-electron chi connectivity index (χ3n) is 6.39. The molecule has 0 aliphatic heterocycles. The van der Waals surface area contributed by atoms with Crippen LogP contribution in [0.15, 0.2) is 12.1 Å². The molecule has 0 spiro atoms. The Balaban J connectivity index is 1.47. The largest absolute Gasteiger partial charge is 0.493 e. The second-order valence-electron chi connectivity index (χ2n) is 8.40. The smallest absolute Gasteiger partial charge is 0.255 e. The van der Waals surface area contributed by atoms with Gasteiger partial charge in [-0.25, -0.2) is 0 Å². The molecule has 5 rings (SSSR count). The van der Waals surface area contributed by atoms with Crippen molar-refractivity contribution in [1.82, 2.24) is 5.32 Å². The Bertz CT molecular complexity index is 671. The molecule has 4 aliphatic carbocycles. The molecule has 1 aromatic rings. The molecule has 0 saturated heterocycles. The van der Waals surface area contributed by atoms with Gasteiger partial charge in [-0.2, -0.15) is 0 Å². The molecule has 1 amide bonds. The highest BCUT2D eigenvalue weighted by atomic mass is 35.5. The van der Waals surface area contributed by atoms with Gasteiger partial charge in [-0.15, -0.1) is 0 Å². The molecule has 4 saturated carbocycles. The third-order valence-corrected chi connectivity index (χ3v) is 6.75. The molecular formula is C20H27ClN2O3. The first-order chi connectivity index (χ1) is 12.5. The summed E-state index contributed by atoms with van der Waals surface area (Å²) in [4.78, 5) is 10.9. The molecule has 0 heterocycles. The Morgan fingerprint density at radius 1 is 1.19 bits per heavy atom. The molecule has 26 heavy (non-hydrogen) atoms. The highest BCUT2D eigenvalue weighted by molar-refractivity contribution is 6.31. The standard InChI is InChI=1S/C20H27ClN2O3/c1-25-17-5-15(16(21)6-18(17)26-11-19(22)24)10-23-20-7-12-2-13(8-20)4-14(3-12)9-20/h5-6,12-14,23H,2-4,7-11H2,1H3,(H2,22,24). The van der Waals surface area contributed by atoms with Gasteiger partial charge in [-0.05, 0) is 67.9 Å². The van der Waals surface area contributed by atoms with Crippen molar-refractivity contribution < 1.29 is 14.3 Å². The van der Waals surface area contributed by atoms with Gasteiger partial charge in [0.25, 0.3) is 5.91 Å². The number of ether oxygens (including phenoxy) is 2. The zero-order chi connectivity index (χ0) is 18.3. The zero-order valence-corrected chi connectivity index (χ0v) is 16.0. The van der Waals surface area contributed by atoms with Crippen LogP contribution in [0.2, 0.25) is 5.02 Å². The van der Waals surface area contributed by atoms with E-state index in [0.717, 1.165) is 29.9 Å². The van der Waals surface area contributed by atoms with Crippen molar-refractivity contribution in [2.75, 3.05) is 13.7 Å². The first-order valence-corrected chi connectivity index (χ1v) is 9.87. The average molecular weight is 379 g/mol. The minimum absolute atomic E-state index is 0.197. The van der Waals surface area contributed by atoms with Crippen LogP contribution >= 0.6 is 11.6 Å². The quantitative estimate of drug-likeness (QED) is 0.763. The first kappa shape index (κ1) is 17.9. The summed E-state index contributed by atoms with van der Waals surface area (Å²) in [7, 11) is 1.58. The van der Waals surface area contributed by atoms with Crippen molar-refractivity contribution in [1.29, 1.82) is 0 Å². The van der Waals surface area contributed by atoms with E-state index in [1.165, 1.54) is 38.5 Å². The number of halogens is 1. The van der Waals surface area contributed by atoms with E-state index in [4.69, 9.17) is 26.8 Å². The van der Waals surface area contributed by atoms with Crippen molar-refractivity contribution in [3.63, 3.8) is 0 Å². The molecule has 5 nitrogen and oxygen atoms in total. The molecule has 3 N–H and O–H groups in total. The highest BCUT2D eigenvalue weighted by Gasteiger charge is 2.50. The molecule has 0 atom stereocenters. The lowest BCUT2D eigenvalue weighted by Crippen LogP contribution is -2.58.